The van der Waals surface area contributed by atoms with Gasteiger partial charge >= 0.3 is 0 Å². The highest BCUT2D eigenvalue weighted by Crippen LogP contribution is 2.34. The van der Waals surface area contributed by atoms with Crippen LogP contribution in [0.25, 0.3) is 0 Å². The maximum Gasteiger partial charge on any atom is 0.133 e. The molecule has 0 unspecified atom stereocenters. The largest absolute Gasteiger partial charge is 0.457 e. The van der Waals surface area contributed by atoms with Gasteiger partial charge in [0.05, 0.1) is 0 Å². The van der Waals surface area contributed by atoms with Crippen LogP contribution >= 0.6 is 0 Å². The van der Waals surface area contributed by atoms with E-state index in [0.29, 0.717) is 28.6 Å². The summed E-state index contributed by atoms with van der Waals surface area (Å²) >= 11 is 0. The number of anilines is 3. The molecule has 128 valence electrons. The number of aryl methyl sites for hydroxylation is 2. The molecule has 5 heteroatoms. The third-order valence-corrected chi connectivity index (χ3v) is 3.76. The van der Waals surface area contributed by atoms with Crippen LogP contribution < -0.4 is 26.7 Å². The second-order valence-electron chi connectivity index (χ2n) is 5.99. The molecule has 0 atom stereocenters. The number of hydrogen-bond acceptors (Lipinski definition) is 5. The lowest BCUT2D eigenvalue weighted by Gasteiger charge is -2.13. The first-order valence-corrected chi connectivity index (χ1v) is 7.89. The summed E-state index contributed by atoms with van der Waals surface area (Å²) in [6.07, 6.45) is 0. The molecule has 0 heterocycles. The summed E-state index contributed by atoms with van der Waals surface area (Å²) in [6, 6.07) is 16.3. The molecule has 0 fully saturated rings. The quantitative estimate of drug-likeness (QED) is 0.604. The molecule has 0 aliphatic rings. The molecule has 3 aromatic rings. The van der Waals surface area contributed by atoms with Crippen molar-refractivity contribution in [1.82, 2.24) is 0 Å². The number of hydrogen-bond donors (Lipinski definition) is 3. The maximum atomic E-state index is 5.99. The topological polar surface area (TPSA) is 96.5 Å². The van der Waals surface area contributed by atoms with Crippen LogP contribution in [-0.2, 0) is 0 Å². The summed E-state index contributed by atoms with van der Waals surface area (Å²) in [5.74, 6) is 2.62. The Kier molecular flexibility index (Phi) is 4.39. The summed E-state index contributed by atoms with van der Waals surface area (Å²) in [4.78, 5) is 0. The lowest BCUT2D eigenvalue weighted by Crippen LogP contribution is -1.95. The van der Waals surface area contributed by atoms with E-state index in [1.807, 2.05) is 38.1 Å². The summed E-state index contributed by atoms with van der Waals surface area (Å²) in [6.45, 7) is 3.88. The highest BCUT2D eigenvalue weighted by Gasteiger charge is 2.08. The van der Waals surface area contributed by atoms with Gasteiger partial charge in [0.1, 0.15) is 23.0 Å². The third kappa shape index (κ3) is 3.95. The van der Waals surface area contributed by atoms with E-state index in [0.717, 1.165) is 22.6 Å². The molecular formula is C20H21N3O2. The van der Waals surface area contributed by atoms with Crippen LogP contribution in [0.3, 0.4) is 0 Å². The normalized spacial score (nSPS) is 10.5. The second kappa shape index (κ2) is 6.65. The third-order valence-electron chi connectivity index (χ3n) is 3.76. The monoisotopic (exact) mass is 335 g/mol. The molecule has 5 nitrogen and oxygen atoms in total. The molecule has 0 aliphatic carbocycles. The van der Waals surface area contributed by atoms with Gasteiger partial charge in [-0.2, -0.15) is 0 Å². The number of nitrogen functional groups attached to an aromatic ring is 3. The van der Waals surface area contributed by atoms with Gasteiger partial charge in [-0.25, -0.2) is 0 Å². The Hall–Kier alpha value is -3.34. The minimum absolute atomic E-state index is 0.550. The highest BCUT2D eigenvalue weighted by molar-refractivity contribution is 5.55. The van der Waals surface area contributed by atoms with Gasteiger partial charge in [-0.3, -0.25) is 0 Å². The Labute approximate surface area is 147 Å². The molecule has 0 amide bonds. The van der Waals surface area contributed by atoms with Crippen LogP contribution in [0.4, 0.5) is 17.1 Å². The van der Waals surface area contributed by atoms with Crippen molar-refractivity contribution in [3.05, 3.63) is 65.7 Å². The van der Waals surface area contributed by atoms with Gasteiger partial charge in [0.15, 0.2) is 0 Å². The summed E-state index contributed by atoms with van der Waals surface area (Å²) in [5.41, 5.74) is 21.4. The second-order valence-corrected chi connectivity index (χ2v) is 5.99. The van der Waals surface area contributed by atoms with E-state index in [-0.39, 0.29) is 0 Å². The number of benzene rings is 3. The summed E-state index contributed by atoms with van der Waals surface area (Å²) in [7, 11) is 0. The van der Waals surface area contributed by atoms with E-state index in [1.165, 1.54) is 0 Å². The lowest BCUT2D eigenvalue weighted by atomic mass is 10.2. The average molecular weight is 335 g/mol. The Balaban J connectivity index is 1.87. The van der Waals surface area contributed by atoms with Crippen molar-refractivity contribution in [2.24, 2.45) is 0 Å². The lowest BCUT2D eigenvalue weighted by molar-refractivity contribution is 0.457. The van der Waals surface area contributed by atoms with E-state index in [1.54, 1.807) is 30.3 Å². The molecule has 0 spiro atoms. The SMILES string of the molecule is Cc1cc(N)ccc1Oc1cc(N)cc(Oc2ccc(N)cc2C)c1. The maximum absolute atomic E-state index is 5.99. The van der Waals surface area contributed by atoms with Crippen LogP contribution in [0.15, 0.2) is 54.6 Å². The molecular weight excluding hydrogens is 314 g/mol. The first-order chi connectivity index (χ1) is 11.9. The van der Waals surface area contributed by atoms with E-state index < -0.39 is 0 Å². The van der Waals surface area contributed by atoms with Crippen molar-refractivity contribution in [2.45, 2.75) is 13.8 Å². The van der Waals surface area contributed by atoms with Crippen LogP contribution in [0, 0.1) is 13.8 Å². The summed E-state index contributed by atoms with van der Waals surface area (Å²) in [5, 5.41) is 0. The predicted molar refractivity (Wildman–Crippen MR) is 102 cm³/mol. The molecule has 0 radical (unpaired) electrons. The molecule has 25 heavy (non-hydrogen) atoms. The molecule has 6 N–H and O–H groups in total. The molecule has 0 aliphatic heterocycles. The van der Waals surface area contributed by atoms with E-state index >= 15 is 0 Å². The van der Waals surface area contributed by atoms with Crippen LogP contribution in [-0.4, -0.2) is 0 Å². The molecule has 3 aromatic carbocycles. The van der Waals surface area contributed by atoms with E-state index in [2.05, 4.69) is 0 Å². The minimum Gasteiger partial charge on any atom is -0.457 e. The van der Waals surface area contributed by atoms with Gasteiger partial charge in [-0.05, 0) is 61.4 Å². The van der Waals surface area contributed by atoms with Crippen molar-refractivity contribution >= 4 is 17.1 Å². The number of nitrogens with two attached hydrogens (primary N) is 3. The number of rotatable bonds is 4. The fourth-order valence-electron chi connectivity index (χ4n) is 2.54. The van der Waals surface area contributed by atoms with Crippen molar-refractivity contribution in [3.8, 4) is 23.0 Å². The van der Waals surface area contributed by atoms with E-state index in [9.17, 15) is 0 Å². The van der Waals surface area contributed by atoms with Crippen molar-refractivity contribution < 1.29 is 9.47 Å². The van der Waals surface area contributed by atoms with Crippen LogP contribution in [0.1, 0.15) is 11.1 Å². The van der Waals surface area contributed by atoms with Crippen LogP contribution in [0.5, 0.6) is 23.0 Å². The molecule has 0 aromatic heterocycles. The zero-order chi connectivity index (χ0) is 18.0. The number of ether oxygens (including phenoxy) is 2. The Morgan fingerprint density at radius 2 is 1.00 bits per heavy atom. The van der Waals surface area contributed by atoms with Gasteiger partial charge in [0, 0.05) is 35.3 Å². The fraction of sp³-hybridized carbons (Fsp3) is 0.100. The first-order valence-electron chi connectivity index (χ1n) is 7.89. The van der Waals surface area contributed by atoms with Gasteiger partial charge < -0.3 is 26.7 Å². The molecule has 0 saturated heterocycles. The molecule has 3 rings (SSSR count). The van der Waals surface area contributed by atoms with Crippen molar-refractivity contribution in [1.29, 1.82) is 0 Å². The Bertz CT molecular complexity index is 851. The van der Waals surface area contributed by atoms with Gasteiger partial charge in [-0.15, -0.1) is 0 Å². The van der Waals surface area contributed by atoms with Gasteiger partial charge in [-0.1, -0.05) is 0 Å². The smallest absolute Gasteiger partial charge is 0.133 e. The van der Waals surface area contributed by atoms with Crippen molar-refractivity contribution in [3.63, 3.8) is 0 Å². The van der Waals surface area contributed by atoms with Gasteiger partial charge in [0.25, 0.3) is 0 Å². The Morgan fingerprint density at radius 3 is 1.40 bits per heavy atom. The average Bonchev–Trinajstić information content (AvgIpc) is 2.52. The predicted octanol–water partition coefficient (Wildman–Crippen LogP) is 4.63. The van der Waals surface area contributed by atoms with Crippen LogP contribution in [0.2, 0.25) is 0 Å². The molecule has 0 bridgehead atoms. The first kappa shape index (κ1) is 16.5. The highest BCUT2D eigenvalue weighted by atomic mass is 16.5. The van der Waals surface area contributed by atoms with Crippen molar-refractivity contribution in [2.75, 3.05) is 17.2 Å². The fourth-order valence-corrected chi connectivity index (χ4v) is 2.54. The van der Waals surface area contributed by atoms with Gasteiger partial charge in [0.2, 0.25) is 0 Å². The summed E-state index contributed by atoms with van der Waals surface area (Å²) < 4.78 is 11.9. The van der Waals surface area contributed by atoms with E-state index in [4.69, 9.17) is 26.7 Å². The molecule has 0 saturated carbocycles. The zero-order valence-corrected chi connectivity index (χ0v) is 14.2. The Morgan fingerprint density at radius 1 is 0.560 bits per heavy atom. The standard InChI is InChI=1S/C20H21N3O2/c1-12-7-14(21)3-5-19(12)24-17-9-16(23)10-18(11-17)25-20-6-4-15(22)8-13(20)2/h3-11H,21-23H2,1-2H3. The zero-order valence-electron chi connectivity index (χ0n) is 14.2. The minimum atomic E-state index is 0.550.